The first-order chi connectivity index (χ1) is 14.0. The van der Waals surface area contributed by atoms with Gasteiger partial charge in [-0.15, -0.1) is 4.99 Å². The number of halogens is 4. The lowest BCUT2D eigenvalue weighted by atomic mass is 10.1. The number of amidine groups is 1. The second kappa shape index (κ2) is 8.07. The molecule has 1 fully saturated rings. The number of hydrogen-bond donors (Lipinski definition) is 1. The Labute approximate surface area is 173 Å². The van der Waals surface area contributed by atoms with Crippen LogP contribution in [0.25, 0.3) is 0 Å². The molecule has 1 unspecified atom stereocenters. The molecular formula is C18H12ClF3N2O5S. The highest BCUT2D eigenvalue weighted by atomic mass is 35.5. The molecule has 7 nitrogen and oxygen atoms in total. The molecule has 0 saturated carbocycles. The van der Waals surface area contributed by atoms with Crippen molar-refractivity contribution in [2.24, 2.45) is 4.99 Å². The summed E-state index contributed by atoms with van der Waals surface area (Å²) in [5.41, 5.74) is -0.999. The van der Waals surface area contributed by atoms with Crippen LogP contribution in [0.5, 0.6) is 5.75 Å². The fourth-order valence-corrected chi connectivity index (χ4v) is 4.28. The van der Waals surface area contributed by atoms with Crippen LogP contribution in [0, 0.1) is 0 Å². The Hall–Kier alpha value is -2.92. The molecule has 0 aliphatic carbocycles. The quantitative estimate of drug-likeness (QED) is 0.756. The summed E-state index contributed by atoms with van der Waals surface area (Å²) in [6.45, 7) is 0. The van der Waals surface area contributed by atoms with E-state index in [2.05, 4.69) is 4.99 Å². The van der Waals surface area contributed by atoms with Crippen LogP contribution in [-0.4, -0.2) is 30.8 Å². The highest BCUT2D eigenvalue weighted by Gasteiger charge is 2.45. The van der Waals surface area contributed by atoms with E-state index in [1.807, 2.05) is 5.32 Å². The van der Waals surface area contributed by atoms with Crippen molar-refractivity contribution in [1.29, 1.82) is 0 Å². The summed E-state index contributed by atoms with van der Waals surface area (Å²) in [7, 11) is -4.45. The highest BCUT2D eigenvalue weighted by Crippen LogP contribution is 2.30. The number of sulfone groups is 1. The number of nitrogens with one attached hydrogen (secondary N) is 1. The molecule has 12 heteroatoms. The summed E-state index contributed by atoms with van der Waals surface area (Å²) in [4.78, 5) is 27.3. The molecule has 0 aromatic heterocycles. The van der Waals surface area contributed by atoms with Gasteiger partial charge in [0, 0.05) is 0 Å². The minimum atomic E-state index is -4.62. The van der Waals surface area contributed by atoms with Gasteiger partial charge < -0.3 is 4.74 Å². The Balaban J connectivity index is 1.81. The smallest absolute Gasteiger partial charge is 0.407 e. The number of carbonyl (C=O) groups is 2. The maximum atomic E-state index is 12.8. The van der Waals surface area contributed by atoms with Gasteiger partial charge in [-0.2, -0.15) is 13.2 Å². The van der Waals surface area contributed by atoms with Crippen LogP contribution >= 0.6 is 11.6 Å². The molecule has 2 aromatic rings. The number of para-hydroxylation sites is 1. The Bertz CT molecular complexity index is 1150. The summed E-state index contributed by atoms with van der Waals surface area (Å²) in [6.07, 6.45) is -6.50. The number of carbonyl (C=O) groups excluding carboxylic acids is 2. The van der Waals surface area contributed by atoms with E-state index in [9.17, 15) is 31.2 Å². The molecule has 158 valence electrons. The molecule has 1 atom stereocenters. The molecular weight excluding hydrogens is 449 g/mol. The summed E-state index contributed by atoms with van der Waals surface area (Å²) >= 11 is 5.83. The molecule has 3 rings (SSSR count). The predicted octanol–water partition coefficient (Wildman–Crippen LogP) is 3.37. The van der Waals surface area contributed by atoms with E-state index in [0.29, 0.717) is 0 Å². The fraction of sp³-hybridized carbons (Fsp3) is 0.167. The third-order valence-electron chi connectivity index (χ3n) is 4.07. The average molecular weight is 461 g/mol. The second-order valence-electron chi connectivity index (χ2n) is 6.14. The first kappa shape index (κ1) is 21.8. The van der Waals surface area contributed by atoms with E-state index in [1.54, 1.807) is 6.07 Å². The van der Waals surface area contributed by atoms with Crippen LogP contribution in [0.4, 0.5) is 18.0 Å². The second-order valence-corrected chi connectivity index (χ2v) is 8.59. The van der Waals surface area contributed by atoms with Crippen LogP contribution in [0.15, 0.2) is 53.5 Å². The molecule has 2 amide bonds. The number of amides is 2. The Kier molecular flexibility index (Phi) is 5.86. The van der Waals surface area contributed by atoms with Gasteiger partial charge in [0.1, 0.15) is 0 Å². The lowest BCUT2D eigenvalue weighted by molar-refractivity contribution is -0.137. The summed E-state index contributed by atoms with van der Waals surface area (Å²) in [6, 6.07) is 9.81. The number of ether oxygens (including phenoxy) is 1. The van der Waals surface area contributed by atoms with Crippen molar-refractivity contribution in [3.63, 3.8) is 0 Å². The maximum absolute atomic E-state index is 12.8. The van der Waals surface area contributed by atoms with Crippen LogP contribution in [0.2, 0.25) is 5.02 Å². The SMILES string of the molecule is O=C(/N=C1\NC(=O)C(Cc2cccc(C(F)(F)F)c2)S1(=O)=O)Oc1ccccc1Cl. The standard InChI is InChI=1S/C18H12ClF3N2O5S/c19-12-6-1-2-7-13(12)29-17(26)24-16-23-15(25)14(30(16,27)28)9-10-4-3-5-11(8-10)18(20,21)22/h1-8,14H,9H2,(H,23,24,25,26). The molecule has 2 aromatic carbocycles. The minimum absolute atomic E-state index is 0.0200. The first-order valence-corrected chi connectivity index (χ1v) is 10.2. The van der Waals surface area contributed by atoms with Crippen molar-refractivity contribution >= 4 is 38.6 Å². The van der Waals surface area contributed by atoms with Crippen LogP contribution < -0.4 is 10.1 Å². The summed E-state index contributed by atoms with van der Waals surface area (Å²) in [5.74, 6) is -1.09. The topological polar surface area (TPSA) is 102 Å². The van der Waals surface area contributed by atoms with Gasteiger partial charge in [0.05, 0.1) is 10.6 Å². The molecule has 1 N–H and O–H groups in total. The third kappa shape index (κ3) is 4.62. The van der Waals surface area contributed by atoms with Gasteiger partial charge in [0.2, 0.25) is 20.9 Å². The Morgan fingerprint density at radius 1 is 1.17 bits per heavy atom. The van der Waals surface area contributed by atoms with Crippen molar-refractivity contribution in [2.75, 3.05) is 0 Å². The van der Waals surface area contributed by atoms with E-state index in [4.69, 9.17) is 16.3 Å². The minimum Gasteiger partial charge on any atom is -0.407 e. The summed E-state index contributed by atoms with van der Waals surface area (Å²) < 4.78 is 68.5. The van der Waals surface area contributed by atoms with E-state index < -0.39 is 50.4 Å². The zero-order valence-corrected chi connectivity index (χ0v) is 16.4. The van der Waals surface area contributed by atoms with Gasteiger partial charge >= 0.3 is 12.3 Å². The van der Waals surface area contributed by atoms with Crippen molar-refractivity contribution in [3.05, 3.63) is 64.7 Å². The molecule has 1 aliphatic rings. The van der Waals surface area contributed by atoms with Gasteiger partial charge in [0.15, 0.2) is 11.0 Å². The van der Waals surface area contributed by atoms with Crippen molar-refractivity contribution in [1.82, 2.24) is 5.32 Å². The Morgan fingerprint density at radius 2 is 1.87 bits per heavy atom. The van der Waals surface area contributed by atoms with Gasteiger partial charge in [0.25, 0.3) is 0 Å². The molecule has 0 radical (unpaired) electrons. The molecule has 1 aliphatic heterocycles. The van der Waals surface area contributed by atoms with Crippen LogP contribution in [0.1, 0.15) is 11.1 Å². The van der Waals surface area contributed by atoms with Crippen molar-refractivity contribution in [3.8, 4) is 5.75 Å². The molecule has 30 heavy (non-hydrogen) atoms. The van der Waals surface area contributed by atoms with E-state index in [0.717, 1.165) is 18.2 Å². The van der Waals surface area contributed by atoms with Gasteiger partial charge in [-0.25, -0.2) is 13.2 Å². The van der Waals surface area contributed by atoms with Gasteiger partial charge in [-0.1, -0.05) is 41.9 Å². The molecule has 0 spiro atoms. The van der Waals surface area contributed by atoms with Crippen molar-refractivity contribution < 1.29 is 35.9 Å². The normalized spacial score (nSPS) is 19.5. The largest absolute Gasteiger partial charge is 0.441 e. The molecule has 1 heterocycles. The number of alkyl halides is 3. The zero-order valence-electron chi connectivity index (χ0n) is 14.8. The monoisotopic (exact) mass is 460 g/mol. The molecule has 0 bridgehead atoms. The fourth-order valence-electron chi connectivity index (χ4n) is 2.64. The van der Waals surface area contributed by atoms with E-state index in [-0.39, 0.29) is 16.3 Å². The van der Waals surface area contributed by atoms with Crippen molar-refractivity contribution in [2.45, 2.75) is 17.8 Å². The maximum Gasteiger partial charge on any atom is 0.441 e. The van der Waals surface area contributed by atoms with Gasteiger partial charge in [-0.3, -0.25) is 10.1 Å². The summed E-state index contributed by atoms with van der Waals surface area (Å²) in [5, 5.41) is -0.652. The Morgan fingerprint density at radius 3 is 2.53 bits per heavy atom. The van der Waals surface area contributed by atoms with Crippen LogP contribution in [-0.2, 0) is 27.2 Å². The first-order valence-electron chi connectivity index (χ1n) is 8.24. The van der Waals surface area contributed by atoms with Crippen LogP contribution in [0.3, 0.4) is 0 Å². The number of rotatable bonds is 3. The zero-order chi connectivity index (χ0) is 22.1. The number of aliphatic imine (C=N–C) groups is 1. The van der Waals surface area contributed by atoms with E-state index >= 15 is 0 Å². The number of nitrogens with zero attached hydrogens (tertiary/aromatic N) is 1. The lowest BCUT2D eigenvalue weighted by Gasteiger charge is -2.10. The molecule has 1 saturated heterocycles. The average Bonchev–Trinajstić information content (AvgIpc) is 2.86. The number of hydrogen-bond acceptors (Lipinski definition) is 5. The van der Waals surface area contributed by atoms with Gasteiger partial charge in [-0.05, 0) is 30.2 Å². The number of benzene rings is 2. The highest BCUT2D eigenvalue weighted by molar-refractivity contribution is 8.08. The third-order valence-corrected chi connectivity index (χ3v) is 6.24. The van der Waals surface area contributed by atoms with E-state index in [1.165, 1.54) is 24.3 Å². The predicted molar refractivity (Wildman–Crippen MR) is 101 cm³/mol. The lowest BCUT2D eigenvalue weighted by Crippen LogP contribution is -2.27.